The molecule has 1 aliphatic rings. The van der Waals surface area contributed by atoms with Gasteiger partial charge in [-0.2, -0.15) is 0 Å². The van der Waals surface area contributed by atoms with Crippen LogP contribution >= 0.6 is 11.6 Å². The minimum atomic E-state index is 0.619. The van der Waals surface area contributed by atoms with Gasteiger partial charge in [0.2, 0.25) is 0 Å². The molecule has 0 aromatic heterocycles. The van der Waals surface area contributed by atoms with Gasteiger partial charge in [-0.15, -0.1) is 0 Å². The zero-order valence-corrected chi connectivity index (χ0v) is 12.2. The summed E-state index contributed by atoms with van der Waals surface area (Å²) in [6.07, 6.45) is 1.21. The van der Waals surface area contributed by atoms with E-state index >= 15 is 0 Å². The fraction of sp³-hybridized carbons (Fsp3) is 0.294. The molecule has 0 aliphatic carbocycles. The molecule has 104 valence electrons. The minimum Gasteiger partial charge on any atom is -0.399 e. The third-order valence-electron chi connectivity index (χ3n) is 3.97. The molecular formula is C17H19ClN2. The molecule has 1 aliphatic heterocycles. The predicted molar refractivity (Wildman–Crippen MR) is 84.9 cm³/mol. The van der Waals surface area contributed by atoms with Crippen molar-refractivity contribution in [2.75, 3.05) is 18.8 Å². The van der Waals surface area contributed by atoms with Gasteiger partial charge in [-0.1, -0.05) is 35.9 Å². The number of likely N-dealkylation sites (tertiary alicyclic amines) is 1. The van der Waals surface area contributed by atoms with E-state index in [1.54, 1.807) is 0 Å². The quantitative estimate of drug-likeness (QED) is 0.867. The van der Waals surface area contributed by atoms with Crippen molar-refractivity contribution in [1.29, 1.82) is 0 Å². The smallest absolute Gasteiger partial charge is 0.0406 e. The number of benzene rings is 2. The van der Waals surface area contributed by atoms with Crippen LogP contribution in [-0.2, 0) is 6.54 Å². The van der Waals surface area contributed by atoms with Crippen LogP contribution in [0.15, 0.2) is 48.5 Å². The lowest BCUT2D eigenvalue weighted by Gasteiger charge is -2.16. The number of rotatable bonds is 3. The molecule has 1 saturated heterocycles. The van der Waals surface area contributed by atoms with Crippen molar-refractivity contribution in [1.82, 2.24) is 4.90 Å². The van der Waals surface area contributed by atoms with Crippen LogP contribution < -0.4 is 5.73 Å². The fourth-order valence-corrected chi connectivity index (χ4v) is 3.06. The summed E-state index contributed by atoms with van der Waals surface area (Å²) in [6.45, 7) is 3.23. The van der Waals surface area contributed by atoms with Crippen LogP contribution in [0.3, 0.4) is 0 Å². The lowest BCUT2D eigenvalue weighted by Crippen LogP contribution is -2.19. The molecule has 2 aromatic rings. The molecule has 1 unspecified atom stereocenters. The second-order valence-electron chi connectivity index (χ2n) is 5.52. The number of halogens is 1. The van der Waals surface area contributed by atoms with Gasteiger partial charge < -0.3 is 5.73 Å². The van der Waals surface area contributed by atoms with Gasteiger partial charge in [0.15, 0.2) is 0 Å². The Bertz CT molecular complexity index is 580. The van der Waals surface area contributed by atoms with E-state index in [2.05, 4.69) is 29.2 Å². The van der Waals surface area contributed by atoms with E-state index in [4.69, 9.17) is 17.3 Å². The lowest BCUT2D eigenvalue weighted by molar-refractivity contribution is 0.327. The Morgan fingerprint density at radius 3 is 2.70 bits per heavy atom. The number of hydrogen-bond donors (Lipinski definition) is 1. The summed E-state index contributed by atoms with van der Waals surface area (Å²) in [7, 11) is 0. The summed E-state index contributed by atoms with van der Waals surface area (Å²) < 4.78 is 0. The van der Waals surface area contributed by atoms with Gasteiger partial charge in [0, 0.05) is 23.8 Å². The van der Waals surface area contributed by atoms with E-state index in [0.717, 1.165) is 30.3 Å². The van der Waals surface area contributed by atoms with Crippen molar-refractivity contribution < 1.29 is 0 Å². The van der Waals surface area contributed by atoms with Crippen LogP contribution in [-0.4, -0.2) is 18.0 Å². The normalized spacial score (nSPS) is 19.4. The monoisotopic (exact) mass is 286 g/mol. The number of nitrogen functional groups attached to an aromatic ring is 1. The Balaban J connectivity index is 1.63. The summed E-state index contributed by atoms with van der Waals surface area (Å²) in [5.41, 5.74) is 9.36. The number of anilines is 1. The standard InChI is InChI=1S/C17H19ClN2/c18-16-6-4-14(5-7-16)15-8-9-20(12-15)11-13-2-1-3-17(19)10-13/h1-7,10,15H,8-9,11-12,19H2. The first kappa shape index (κ1) is 13.5. The van der Waals surface area contributed by atoms with E-state index in [1.165, 1.54) is 17.5 Å². The summed E-state index contributed by atoms with van der Waals surface area (Å²) >= 11 is 5.95. The molecule has 0 spiro atoms. The molecule has 0 bridgehead atoms. The Morgan fingerprint density at radius 2 is 1.95 bits per heavy atom. The Kier molecular flexibility index (Phi) is 3.95. The van der Waals surface area contributed by atoms with Crippen LogP contribution in [0.4, 0.5) is 5.69 Å². The average Bonchev–Trinajstić information content (AvgIpc) is 2.88. The number of hydrogen-bond acceptors (Lipinski definition) is 2. The SMILES string of the molecule is Nc1cccc(CN2CCC(c3ccc(Cl)cc3)C2)c1. The second kappa shape index (κ2) is 5.86. The molecule has 3 heteroatoms. The second-order valence-corrected chi connectivity index (χ2v) is 5.95. The Hall–Kier alpha value is -1.51. The maximum Gasteiger partial charge on any atom is 0.0406 e. The average molecular weight is 287 g/mol. The van der Waals surface area contributed by atoms with E-state index in [1.807, 2.05) is 24.3 Å². The van der Waals surface area contributed by atoms with Gasteiger partial charge in [0.05, 0.1) is 0 Å². The third kappa shape index (κ3) is 3.14. The van der Waals surface area contributed by atoms with Crippen molar-refractivity contribution in [2.24, 2.45) is 0 Å². The fourth-order valence-electron chi connectivity index (χ4n) is 2.93. The van der Waals surface area contributed by atoms with Crippen molar-refractivity contribution in [3.05, 3.63) is 64.7 Å². The van der Waals surface area contributed by atoms with Crippen LogP contribution in [0.2, 0.25) is 5.02 Å². The highest BCUT2D eigenvalue weighted by molar-refractivity contribution is 6.30. The van der Waals surface area contributed by atoms with Crippen LogP contribution in [0.25, 0.3) is 0 Å². The van der Waals surface area contributed by atoms with E-state index in [9.17, 15) is 0 Å². The van der Waals surface area contributed by atoms with Crippen LogP contribution in [0, 0.1) is 0 Å². The molecule has 2 N–H and O–H groups in total. The maximum absolute atomic E-state index is 5.95. The Morgan fingerprint density at radius 1 is 1.15 bits per heavy atom. The van der Waals surface area contributed by atoms with Crippen LogP contribution in [0.1, 0.15) is 23.5 Å². The van der Waals surface area contributed by atoms with Gasteiger partial charge in [0.1, 0.15) is 0 Å². The zero-order chi connectivity index (χ0) is 13.9. The first-order valence-electron chi connectivity index (χ1n) is 7.03. The molecule has 0 radical (unpaired) electrons. The molecule has 2 aromatic carbocycles. The highest BCUT2D eigenvalue weighted by atomic mass is 35.5. The van der Waals surface area contributed by atoms with Gasteiger partial charge in [-0.05, 0) is 54.3 Å². The zero-order valence-electron chi connectivity index (χ0n) is 11.4. The number of nitrogens with two attached hydrogens (primary N) is 1. The van der Waals surface area contributed by atoms with Gasteiger partial charge in [-0.25, -0.2) is 0 Å². The van der Waals surface area contributed by atoms with Gasteiger partial charge in [0.25, 0.3) is 0 Å². The highest BCUT2D eigenvalue weighted by Gasteiger charge is 2.23. The molecule has 1 fully saturated rings. The van der Waals surface area contributed by atoms with Crippen molar-refractivity contribution >= 4 is 17.3 Å². The van der Waals surface area contributed by atoms with E-state index in [0.29, 0.717) is 5.92 Å². The molecule has 2 nitrogen and oxygen atoms in total. The summed E-state index contributed by atoms with van der Waals surface area (Å²) in [5, 5.41) is 0.809. The molecule has 0 amide bonds. The van der Waals surface area contributed by atoms with Crippen molar-refractivity contribution in [3.63, 3.8) is 0 Å². The molecule has 1 heterocycles. The minimum absolute atomic E-state index is 0.619. The molecule has 1 atom stereocenters. The first-order chi connectivity index (χ1) is 9.70. The van der Waals surface area contributed by atoms with Crippen molar-refractivity contribution in [2.45, 2.75) is 18.9 Å². The topological polar surface area (TPSA) is 29.3 Å². The highest BCUT2D eigenvalue weighted by Crippen LogP contribution is 2.29. The summed E-state index contributed by atoms with van der Waals surface area (Å²) in [6, 6.07) is 16.4. The maximum atomic E-state index is 5.95. The van der Waals surface area contributed by atoms with Gasteiger partial charge in [-0.3, -0.25) is 4.90 Å². The molecular weight excluding hydrogens is 268 g/mol. The molecule has 0 saturated carbocycles. The van der Waals surface area contributed by atoms with E-state index < -0.39 is 0 Å². The summed E-state index contributed by atoms with van der Waals surface area (Å²) in [4.78, 5) is 2.49. The van der Waals surface area contributed by atoms with Crippen LogP contribution in [0.5, 0.6) is 0 Å². The third-order valence-corrected chi connectivity index (χ3v) is 4.22. The van der Waals surface area contributed by atoms with E-state index in [-0.39, 0.29) is 0 Å². The molecule has 3 rings (SSSR count). The lowest BCUT2D eigenvalue weighted by atomic mass is 9.99. The molecule has 20 heavy (non-hydrogen) atoms. The van der Waals surface area contributed by atoms with Crippen molar-refractivity contribution in [3.8, 4) is 0 Å². The first-order valence-corrected chi connectivity index (χ1v) is 7.41. The Labute approximate surface area is 125 Å². The largest absolute Gasteiger partial charge is 0.399 e. The number of nitrogens with zero attached hydrogens (tertiary/aromatic N) is 1. The predicted octanol–water partition coefficient (Wildman–Crippen LogP) is 3.91. The summed E-state index contributed by atoms with van der Waals surface area (Å²) in [5.74, 6) is 0.619. The van der Waals surface area contributed by atoms with Gasteiger partial charge >= 0.3 is 0 Å².